The normalized spacial score (nSPS) is 19.7. The van der Waals surface area contributed by atoms with Crippen LogP contribution < -0.4 is 4.72 Å². The van der Waals surface area contributed by atoms with E-state index in [0.29, 0.717) is 25.8 Å². The summed E-state index contributed by atoms with van der Waals surface area (Å²) in [5.74, 6) is 0. The number of likely N-dealkylation sites (tertiary alicyclic amines) is 1. The summed E-state index contributed by atoms with van der Waals surface area (Å²) >= 11 is 0. The van der Waals surface area contributed by atoms with Gasteiger partial charge in [0.15, 0.2) is 0 Å². The number of ether oxygens (including phenoxy) is 1. The molecule has 3 rings (SSSR count). The zero-order valence-electron chi connectivity index (χ0n) is 16.7. The zero-order valence-corrected chi connectivity index (χ0v) is 17.6. The van der Waals surface area contributed by atoms with Gasteiger partial charge in [0.25, 0.3) is 0 Å². The lowest BCUT2D eigenvalue weighted by Gasteiger charge is -2.40. The Morgan fingerprint density at radius 3 is 2.69 bits per heavy atom. The maximum Gasteiger partial charge on any atom is 0.410 e. The molecule has 1 N–H and O–H groups in total. The largest absolute Gasteiger partial charge is 0.450 e. The average molecular weight is 418 g/mol. The predicted octanol–water partition coefficient (Wildman–Crippen LogP) is 2.83. The molecular weight excluding hydrogens is 390 g/mol. The van der Waals surface area contributed by atoms with E-state index in [1.807, 2.05) is 36.4 Å². The van der Waals surface area contributed by atoms with Crippen LogP contribution >= 0.6 is 0 Å². The maximum atomic E-state index is 12.5. The lowest BCUT2D eigenvalue weighted by Crippen LogP contribution is -2.57. The van der Waals surface area contributed by atoms with Gasteiger partial charge < -0.3 is 9.64 Å². The van der Waals surface area contributed by atoms with Crippen LogP contribution in [0.1, 0.15) is 25.3 Å². The number of nitrogens with zero attached hydrogens (tertiary/aromatic N) is 2. The molecule has 1 saturated heterocycles. The summed E-state index contributed by atoms with van der Waals surface area (Å²) in [5.41, 5.74) is 2.97. The average Bonchev–Trinajstić information content (AvgIpc) is 2.69. The first-order valence-corrected chi connectivity index (χ1v) is 11.7. The maximum absolute atomic E-state index is 12.5. The molecule has 0 radical (unpaired) electrons. The van der Waals surface area contributed by atoms with E-state index in [1.165, 1.54) is 0 Å². The van der Waals surface area contributed by atoms with E-state index < -0.39 is 16.1 Å². The summed E-state index contributed by atoms with van der Waals surface area (Å²) in [6, 6.07) is 11.3. The summed E-state index contributed by atoms with van der Waals surface area (Å²) < 4.78 is 31.7. The molecule has 7 nitrogen and oxygen atoms in total. The van der Waals surface area contributed by atoms with Crippen LogP contribution in [0, 0.1) is 0 Å². The van der Waals surface area contributed by atoms with Crippen LogP contribution in [-0.4, -0.2) is 55.9 Å². The smallest absolute Gasteiger partial charge is 0.410 e. The van der Waals surface area contributed by atoms with Gasteiger partial charge in [-0.2, -0.15) is 0 Å². The molecule has 0 spiro atoms. The van der Waals surface area contributed by atoms with Crippen molar-refractivity contribution < 1.29 is 17.9 Å². The van der Waals surface area contributed by atoms with Crippen molar-refractivity contribution in [1.29, 1.82) is 0 Å². The predicted molar refractivity (Wildman–Crippen MR) is 112 cm³/mol. The van der Waals surface area contributed by atoms with Crippen LogP contribution in [0.25, 0.3) is 11.1 Å². The monoisotopic (exact) mass is 417 g/mol. The van der Waals surface area contributed by atoms with Crippen LogP contribution in [0.15, 0.2) is 48.8 Å². The molecule has 156 valence electrons. The van der Waals surface area contributed by atoms with Gasteiger partial charge in [-0.25, -0.2) is 17.9 Å². The Labute approximate surface area is 172 Å². The van der Waals surface area contributed by atoms with Crippen molar-refractivity contribution in [2.75, 3.05) is 19.4 Å². The molecule has 8 heteroatoms. The number of rotatable bonds is 6. The Bertz CT molecular complexity index is 934. The van der Waals surface area contributed by atoms with Crippen molar-refractivity contribution in [3.05, 3.63) is 54.4 Å². The van der Waals surface area contributed by atoms with Crippen molar-refractivity contribution >= 4 is 16.1 Å². The Kier molecular flexibility index (Phi) is 6.87. The van der Waals surface area contributed by atoms with Gasteiger partial charge in [0.2, 0.25) is 10.0 Å². The highest BCUT2D eigenvalue weighted by atomic mass is 32.2. The number of amides is 1. The summed E-state index contributed by atoms with van der Waals surface area (Å²) in [4.78, 5) is 18.5. The number of carbonyl (C=O) groups excluding carboxylic acids is 1. The molecule has 2 aromatic rings. The zero-order chi connectivity index (χ0) is 20.9. The number of piperidine rings is 1. The van der Waals surface area contributed by atoms with Gasteiger partial charge in [0, 0.05) is 30.5 Å². The van der Waals surface area contributed by atoms with E-state index in [2.05, 4.69) is 9.71 Å². The molecule has 0 aliphatic carbocycles. The van der Waals surface area contributed by atoms with Gasteiger partial charge in [-0.1, -0.05) is 30.3 Å². The van der Waals surface area contributed by atoms with Crippen molar-refractivity contribution in [2.24, 2.45) is 0 Å². The second-order valence-corrected chi connectivity index (χ2v) is 9.03. The second-order valence-electron chi connectivity index (χ2n) is 7.25. The molecule has 2 unspecified atom stereocenters. The van der Waals surface area contributed by atoms with Gasteiger partial charge in [-0.15, -0.1) is 0 Å². The summed E-state index contributed by atoms with van der Waals surface area (Å²) in [5, 5.41) is 0. The highest BCUT2D eigenvalue weighted by molar-refractivity contribution is 7.88. The van der Waals surface area contributed by atoms with Crippen molar-refractivity contribution in [1.82, 2.24) is 14.6 Å². The number of pyridine rings is 1. The van der Waals surface area contributed by atoms with E-state index in [0.717, 1.165) is 22.9 Å². The molecule has 1 aromatic carbocycles. The SMILES string of the molecule is CCOC(=O)N1CCCC(NS(C)(=O)=O)C1Cc1cncc(-c2ccccc2)c1. The van der Waals surface area contributed by atoms with Crippen molar-refractivity contribution in [3.8, 4) is 11.1 Å². The van der Waals surface area contributed by atoms with E-state index >= 15 is 0 Å². The van der Waals surface area contributed by atoms with Gasteiger partial charge in [-0.3, -0.25) is 4.98 Å². The van der Waals surface area contributed by atoms with E-state index in [9.17, 15) is 13.2 Å². The minimum absolute atomic E-state index is 0.275. The Morgan fingerprint density at radius 1 is 1.24 bits per heavy atom. The minimum Gasteiger partial charge on any atom is -0.450 e. The third kappa shape index (κ3) is 5.77. The quantitative estimate of drug-likeness (QED) is 0.781. The number of carbonyl (C=O) groups is 1. The summed E-state index contributed by atoms with van der Waals surface area (Å²) in [6.07, 6.45) is 6.16. The lowest BCUT2D eigenvalue weighted by atomic mass is 9.91. The van der Waals surface area contributed by atoms with Crippen LogP contribution in [-0.2, 0) is 21.2 Å². The van der Waals surface area contributed by atoms with Crippen molar-refractivity contribution in [2.45, 2.75) is 38.3 Å². The molecular formula is C21H27N3O4S. The second kappa shape index (κ2) is 9.37. The molecule has 1 aliphatic rings. The number of hydrogen-bond donors (Lipinski definition) is 1. The van der Waals surface area contributed by atoms with Crippen LogP contribution in [0.4, 0.5) is 4.79 Å². The van der Waals surface area contributed by atoms with Gasteiger partial charge >= 0.3 is 6.09 Å². The number of aromatic nitrogens is 1. The summed E-state index contributed by atoms with van der Waals surface area (Å²) in [6.45, 7) is 2.57. The van der Waals surface area contributed by atoms with E-state index in [-0.39, 0.29) is 18.7 Å². The fraction of sp³-hybridized carbons (Fsp3) is 0.429. The molecule has 1 aliphatic heterocycles. The fourth-order valence-corrected chi connectivity index (χ4v) is 4.61. The fourth-order valence-electron chi connectivity index (χ4n) is 3.78. The van der Waals surface area contributed by atoms with Crippen molar-refractivity contribution in [3.63, 3.8) is 0 Å². The number of hydrogen-bond acceptors (Lipinski definition) is 5. The first-order chi connectivity index (χ1) is 13.9. The molecule has 0 saturated carbocycles. The molecule has 1 fully saturated rings. The van der Waals surface area contributed by atoms with E-state index in [4.69, 9.17) is 4.74 Å². The topological polar surface area (TPSA) is 88.6 Å². The number of sulfonamides is 1. The van der Waals surface area contributed by atoms with E-state index in [1.54, 1.807) is 24.2 Å². The highest BCUT2D eigenvalue weighted by Gasteiger charge is 2.36. The lowest BCUT2D eigenvalue weighted by molar-refractivity contribution is 0.0678. The van der Waals surface area contributed by atoms with Crippen LogP contribution in [0.2, 0.25) is 0 Å². The Hall–Kier alpha value is -2.45. The van der Waals surface area contributed by atoms with Gasteiger partial charge in [-0.05, 0) is 43.4 Å². The molecule has 2 atom stereocenters. The minimum atomic E-state index is -3.41. The first-order valence-electron chi connectivity index (χ1n) is 9.77. The third-order valence-corrected chi connectivity index (χ3v) is 5.72. The number of benzene rings is 1. The Balaban J connectivity index is 1.89. The van der Waals surface area contributed by atoms with Gasteiger partial charge in [0.1, 0.15) is 0 Å². The first kappa shape index (κ1) is 21.3. The Morgan fingerprint density at radius 2 is 2.00 bits per heavy atom. The molecule has 29 heavy (non-hydrogen) atoms. The number of nitrogens with one attached hydrogen (secondary N) is 1. The standard InChI is InChI=1S/C21H27N3O4S/c1-3-28-21(25)24-11-7-10-19(23-29(2,26)27)20(24)13-16-12-18(15-22-14-16)17-8-5-4-6-9-17/h4-6,8-9,12,14-15,19-20,23H,3,7,10-11,13H2,1-2H3. The third-order valence-electron chi connectivity index (χ3n) is 4.99. The molecule has 0 bridgehead atoms. The van der Waals surface area contributed by atoms with Crippen LogP contribution in [0.5, 0.6) is 0 Å². The van der Waals surface area contributed by atoms with Gasteiger partial charge in [0.05, 0.1) is 18.9 Å². The highest BCUT2D eigenvalue weighted by Crippen LogP contribution is 2.25. The van der Waals surface area contributed by atoms with Crippen LogP contribution in [0.3, 0.4) is 0 Å². The summed E-state index contributed by atoms with van der Waals surface area (Å²) in [7, 11) is -3.41. The molecule has 1 amide bonds. The molecule has 2 heterocycles. The molecule has 1 aromatic heterocycles.